The number of carbonyl (C=O) groups is 9. The highest BCUT2D eigenvalue weighted by atomic mass is 16.4. The molecular weight excluding hydrogens is 851 g/mol. The van der Waals surface area contributed by atoms with Gasteiger partial charge in [-0.25, -0.2) is 9.78 Å². The van der Waals surface area contributed by atoms with Crippen LogP contribution in [-0.2, 0) is 49.6 Å². The molecule has 23 nitrogen and oxygen atoms in total. The molecule has 65 heavy (non-hydrogen) atoms. The monoisotopic (exact) mass is 924 g/mol. The lowest BCUT2D eigenvalue weighted by Crippen LogP contribution is -2.63. The summed E-state index contributed by atoms with van der Waals surface area (Å²) in [5.41, 5.74) is 11.8. The van der Waals surface area contributed by atoms with E-state index in [9.17, 15) is 58.5 Å². The first kappa shape index (κ1) is 57.3. The summed E-state index contributed by atoms with van der Waals surface area (Å²) in [4.78, 5) is 126. The summed E-state index contributed by atoms with van der Waals surface area (Å²) in [7, 11) is 0. The van der Waals surface area contributed by atoms with E-state index in [1.165, 1.54) is 26.4 Å². The summed E-state index contributed by atoms with van der Waals surface area (Å²) in [5, 5.41) is 47.8. The number of aliphatic hydroxyl groups is 2. The average Bonchev–Trinajstić information content (AvgIpc) is 3.71. The molecule has 0 unspecified atom stereocenters. The molecule has 11 atom stereocenters. The van der Waals surface area contributed by atoms with E-state index in [0.29, 0.717) is 12.1 Å². The van der Waals surface area contributed by atoms with Crippen molar-refractivity contribution in [3.05, 3.63) is 18.2 Å². The third kappa shape index (κ3) is 20.4. The number of aromatic nitrogens is 2. The van der Waals surface area contributed by atoms with Crippen molar-refractivity contribution in [2.24, 2.45) is 35.1 Å². The Morgan fingerprint density at radius 3 is 1.38 bits per heavy atom. The van der Waals surface area contributed by atoms with Crippen molar-refractivity contribution in [3.8, 4) is 0 Å². The number of aliphatic carboxylic acids is 1. The Kier molecular flexibility index (Phi) is 24.3. The molecule has 23 heteroatoms. The molecule has 0 aliphatic carbocycles. The normalized spacial score (nSPS) is 16.6. The molecule has 1 aromatic heterocycles. The van der Waals surface area contributed by atoms with Crippen LogP contribution in [0.5, 0.6) is 0 Å². The maximum Gasteiger partial charge on any atom is 0.326 e. The standard InChI is InChI=1S/C42H73N11O12/c1-11-22(8)32(44)39(61)52-34(24(10)55)41(63)53-33(23(9)54)40(62)50-27(13-20(4)5)35(57)48-28(15-25-17-45-18-46-25)37(59)49-29(16-31(43)56)38(60)47-26(12-19(2)3)36(58)51-30(42(64)65)14-21(6)7/h17-24,26-30,32-34,54-55H,11-16,44H2,1-10H3,(H2,43,56)(H,45,46)(H,47,60)(H,48,57)(H,49,59)(H,50,62)(H,51,58)(H,52,61)(H,53,63)(H,64,65)/t22-,23+,24+,26-,27-,28-,29-,30-,32-,33-,34-/m0/s1. The number of nitrogens with one attached hydrogen (secondary N) is 8. The number of amides is 8. The molecule has 0 aliphatic rings. The molecule has 368 valence electrons. The molecule has 0 fully saturated rings. The Balaban J connectivity index is 3.45. The SMILES string of the molecule is CC[C@H](C)[C@H](N)C(=O)N[C@H](C(=O)N[C@H](C(=O)N[C@@H](CC(C)C)C(=O)N[C@@H](Cc1cnc[nH]1)C(=O)N[C@@H](CC(N)=O)C(=O)N[C@@H](CC(C)C)C(=O)N[C@@H](CC(C)C)C(=O)O)[C@@H](C)O)[C@@H](C)O. The maximum absolute atomic E-state index is 14.0. The van der Waals surface area contributed by atoms with Gasteiger partial charge in [-0.05, 0) is 56.8 Å². The number of nitrogens with two attached hydrogens (primary N) is 2. The number of nitrogens with zero attached hydrogens (tertiary/aromatic N) is 1. The van der Waals surface area contributed by atoms with Gasteiger partial charge in [-0.1, -0.05) is 61.8 Å². The van der Waals surface area contributed by atoms with E-state index < -0.39 is 120 Å². The van der Waals surface area contributed by atoms with Crippen LogP contribution in [0.3, 0.4) is 0 Å². The van der Waals surface area contributed by atoms with Crippen LogP contribution in [0.1, 0.15) is 107 Å². The van der Waals surface area contributed by atoms with Crippen molar-refractivity contribution >= 4 is 53.2 Å². The summed E-state index contributed by atoms with van der Waals surface area (Å²) < 4.78 is 0. The van der Waals surface area contributed by atoms with Crippen molar-refractivity contribution in [2.45, 2.75) is 168 Å². The number of carboxylic acid groups (broad SMARTS) is 1. The zero-order valence-electron chi connectivity index (χ0n) is 39.1. The highest BCUT2D eigenvalue weighted by Crippen LogP contribution is 2.12. The van der Waals surface area contributed by atoms with Gasteiger partial charge in [-0.3, -0.25) is 38.4 Å². The van der Waals surface area contributed by atoms with Gasteiger partial charge in [-0.15, -0.1) is 0 Å². The van der Waals surface area contributed by atoms with Crippen LogP contribution in [0, 0.1) is 23.7 Å². The van der Waals surface area contributed by atoms with Crippen molar-refractivity contribution < 1.29 is 58.5 Å². The van der Waals surface area contributed by atoms with Crippen LogP contribution < -0.4 is 48.7 Å². The van der Waals surface area contributed by atoms with E-state index in [-0.39, 0.29) is 49.4 Å². The Labute approximate surface area is 379 Å². The molecule has 0 saturated carbocycles. The van der Waals surface area contributed by atoms with Crippen LogP contribution in [-0.4, -0.2) is 139 Å². The first-order valence-corrected chi connectivity index (χ1v) is 21.9. The summed E-state index contributed by atoms with van der Waals surface area (Å²) in [5.74, 6) is -9.60. The van der Waals surface area contributed by atoms with Gasteiger partial charge in [0.25, 0.3) is 0 Å². The zero-order chi connectivity index (χ0) is 49.9. The second-order valence-electron chi connectivity index (χ2n) is 17.8. The highest BCUT2D eigenvalue weighted by Gasteiger charge is 2.37. The van der Waals surface area contributed by atoms with Gasteiger partial charge in [0.05, 0.1) is 31.0 Å². The van der Waals surface area contributed by atoms with E-state index in [4.69, 9.17) is 11.5 Å². The number of imidazole rings is 1. The largest absolute Gasteiger partial charge is 0.480 e. The highest BCUT2D eigenvalue weighted by molar-refractivity contribution is 5.98. The van der Waals surface area contributed by atoms with E-state index in [1.807, 2.05) is 6.92 Å². The lowest BCUT2D eigenvalue weighted by Gasteiger charge is -2.29. The van der Waals surface area contributed by atoms with E-state index >= 15 is 0 Å². The molecule has 0 bridgehead atoms. The molecule has 1 aromatic rings. The molecule has 1 heterocycles. The number of aliphatic hydroxyl groups excluding tert-OH is 2. The number of primary amides is 1. The van der Waals surface area contributed by atoms with E-state index in [1.54, 1.807) is 48.5 Å². The number of aromatic amines is 1. The van der Waals surface area contributed by atoms with Gasteiger partial charge in [0, 0.05) is 18.3 Å². The number of H-pyrrole nitrogens is 1. The molecule has 0 aliphatic heterocycles. The fourth-order valence-corrected chi connectivity index (χ4v) is 6.50. The first-order valence-electron chi connectivity index (χ1n) is 21.9. The first-order chi connectivity index (χ1) is 30.2. The molecule has 8 amide bonds. The van der Waals surface area contributed by atoms with Crippen LogP contribution in [0.25, 0.3) is 0 Å². The van der Waals surface area contributed by atoms with E-state index in [0.717, 1.165) is 0 Å². The maximum atomic E-state index is 14.0. The molecule has 0 spiro atoms. The number of hydrogen-bond donors (Lipinski definition) is 13. The minimum Gasteiger partial charge on any atom is -0.480 e. The van der Waals surface area contributed by atoms with Crippen molar-refractivity contribution in [1.82, 2.24) is 47.2 Å². The van der Waals surface area contributed by atoms with Crippen LogP contribution >= 0.6 is 0 Å². The van der Waals surface area contributed by atoms with Gasteiger partial charge in [0.2, 0.25) is 47.3 Å². The third-order valence-electron chi connectivity index (χ3n) is 10.3. The van der Waals surface area contributed by atoms with Crippen LogP contribution in [0.4, 0.5) is 0 Å². The topological polar surface area (TPSA) is 379 Å². The second-order valence-corrected chi connectivity index (χ2v) is 17.8. The van der Waals surface area contributed by atoms with Gasteiger partial charge in [0.15, 0.2) is 0 Å². The van der Waals surface area contributed by atoms with E-state index in [2.05, 4.69) is 47.2 Å². The van der Waals surface area contributed by atoms with Crippen LogP contribution in [0.2, 0.25) is 0 Å². The molecule has 1 rings (SSSR count). The number of carboxylic acids is 1. The Morgan fingerprint density at radius 2 is 0.969 bits per heavy atom. The molecular formula is C42H73N11O12. The van der Waals surface area contributed by atoms with Gasteiger partial charge < -0.3 is 69.0 Å². The fraction of sp³-hybridized carbons (Fsp3) is 0.714. The summed E-state index contributed by atoms with van der Waals surface area (Å²) in [6.45, 7) is 16.5. The summed E-state index contributed by atoms with van der Waals surface area (Å²) in [6, 6.07) is -11.4. The lowest BCUT2D eigenvalue weighted by molar-refractivity contribution is -0.143. The predicted molar refractivity (Wildman–Crippen MR) is 236 cm³/mol. The Morgan fingerprint density at radius 1 is 0.585 bits per heavy atom. The number of rotatable bonds is 29. The fourth-order valence-electron chi connectivity index (χ4n) is 6.50. The van der Waals surface area contributed by atoms with Crippen molar-refractivity contribution in [2.75, 3.05) is 0 Å². The van der Waals surface area contributed by atoms with Crippen molar-refractivity contribution in [1.29, 1.82) is 0 Å². The Bertz CT molecular complexity index is 1760. The number of hydrogen-bond acceptors (Lipinski definition) is 13. The molecule has 0 saturated heterocycles. The van der Waals surface area contributed by atoms with Gasteiger partial charge >= 0.3 is 5.97 Å². The van der Waals surface area contributed by atoms with Crippen molar-refractivity contribution in [3.63, 3.8) is 0 Å². The minimum atomic E-state index is -1.71. The van der Waals surface area contributed by atoms with Gasteiger partial charge in [-0.2, -0.15) is 0 Å². The quantitative estimate of drug-likeness (QED) is 0.0398. The molecule has 0 aromatic carbocycles. The zero-order valence-corrected chi connectivity index (χ0v) is 39.1. The van der Waals surface area contributed by atoms with Gasteiger partial charge in [0.1, 0.15) is 42.3 Å². The second kappa shape index (κ2) is 27.6. The summed E-state index contributed by atoms with van der Waals surface area (Å²) in [6.07, 6.45) is -0.667. The minimum absolute atomic E-state index is 0.0256. The lowest BCUT2D eigenvalue weighted by atomic mass is 9.98. The molecule has 15 N–H and O–H groups in total. The Hall–Kier alpha value is -5.68. The molecule has 0 radical (unpaired) electrons. The summed E-state index contributed by atoms with van der Waals surface area (Å²) >= 11 is 0. The number of carbonyl (C=O) groups excluding carboxylic acids is 8. The van der Waals surface area contributed by atoms with Crippen LogP contribution in [0.15, 0.2) is 12.5 Å². The predicted octanol–water partition coefficient (Wildman–Crippen LogP) is -2.42. The smallest absolute Gasteiger partial charge is 0.326 e. The average molecular weight is 924 g/mol. The third-order valence-corrected chi connectivity index (χ3v) is 10.3.